The van der Waals surface area contributed by atoms with Crippen LogP contribution in [0.15, 0.2) is 22.8 Å². The van der Waals surface area contributed by atoms with Crippen LogP contribution in [0.1, 0.15) is 35.1 Å². The van der Waals surface area contributed by atoms with Crippen LogP contribution < -0.4 is 0 Å². The predicted octanol–water partition coefficient (Wildman–Crippen LogP) is 3.58. The van der Waals surface area contributed by atoms with Crippen LogP contribution in [0.2, 0.25) is 0 Å². The van der Waals surface area contributed by atoms with Crippen molar-refractivity contribution in [2.75, 3.05) is 13.1 Å². The Bertz CT molecular complexity index is 603. The molecule has 0 N–H and O–H groups in total. The summed E-state index contributed by atoms with van der Waals surface area (Å²) < 4.78 is 5.35. The maximum atomic E-state index is 12.6. The molecule has 0 bridgehead atoms. The van der Waals surface area contributed by atoms with Gasteiger partial charge in [-0.2, -0.15) is 0 Å². The van der Waals surface area contributed by atoms with Gasteiger partial charge in [0.2, 0.25) is 0 Å². The Morgan fingerprint density at radius 1 is 1.55 bits per heavy atom. The van der Waals surface area contributed by atoms with Gasteiger partial charge in [0.15, 0.2) is 10.8 Å². The molecule has 1 saturated heterocycles. The Labute approximate surface area is 122 Å². The lowest BCUT2D eigenvalue weighted by atomic mass is 10.00. The standard InChI is InChI=1S/C15H18N2O2S/c1-10-5-3-7-17(9-10)15(18)13-11(2)20-14(16-13)12-6-4-8-19-12/h4,6,8,10H,3,5,7,9H2,1-2H3/t10-/m0/s1. The van der Waals surface area contributed by atoms with Gasteiger partial charge >= 0.3 is 0 Å². The summed E-state index contributed by atoms with van der Waals surface area (Å²) in [4.78, 5) is 20.0. The Morgan fingerprint density at radius 3 is 3.10 bits per heavy atom. The summed E-state index contributed by atoms with van der Waals surface area (Å²) in [6, 6.07) is 3.70. The number of furan rings is 1. The fraction of sp³-hybridized carbons (Fsp3) is 0.467. The first-order valence-electron chi connectivity index (χ1n) is 6.95. The fourth-order valence-electron chi connectivity index (χ4n) is 2.62. The second kappa shape index (κ2) is 5.40. The van der Waals surface area contributed by atoms with Crippen LogP contribution in [-0.4, -0.2) is 28.9 Å². The lowest BCUT2D eigenvalue weighted by Crippen LogP contribution is -2.39. The molecule has 1 aliphatic rings. The number of carbonyl (C=O) groups is 1. The third-order valence-corrected chi connectivity index (χ3v) is 4.66. The largest absolute Gasteiger partial charge is 0.462 e. The molecule has 3 heterocycles. The number of aromatic nitrogens is 1. The van der Waals surface area contributed by atoms with E-state index in [2.05, 4.69) is 11.9 Å². The van der Waals surface area contributed by atoms with Gasteiger partial charge in [-0.1, -0.05) is 6.92 Å². The quantitative estimate of drug-likeness (QED) is 0.849. The number of aryl methyl sites for hydroxylation is 1. The van der Waals surface area contributed by atoms with Crippen LogP contribution in [0.5, 0.6) is 0 Å². The van der Waals surface area contributed by atoms with Crippen molar-refractivity contribution in [2.45, 2.75) is 26.7 Å². The second-order valence-electron chi connectivity index (χ2n) is 5.40. The van der Waals surface area contributed by atoms with Crippen molar-refractivity contribution >= 4 is 17.2 Å². The SMILES string of the molecule is Cc1sc(-c2ccco2)nc1C(=O)N1CCC[C@H](C)C1. The summed E-state index contributed by atoms with van der Waals surface area (Å²) in [5.41, 5.74) is 0.579. The summed E-state index contributed by atoms with van der Waals surface area (Å²) >= 11 is 1.51. The molecular weight excluding hydrogens is 272 g/mol. The van der Waals surface area contributed by atoms with E-state index in [0.29, 0.717) is 11.6 Å². The molecule has 3 rings (SSSR count). The van der Waals surface area contributed by atoms with Gasteiger partial charge in [0.25, 0.3) is 5.91 Å². The van der Waals surface area contributed by atoms with Gasteiger partial charge in [0.1, 0.15) is 5.69 Å². The summed E-state index contributed by atoms with van der Waals surface area (Å²) in [5, 5.41) is 0.779. The minimum atomic E-state index is 0.0584. The van der Waals surface area contributed by atoms with Crippen LogP contribution in [0.25, 0.3) is 10.8 Å². The molecule has 0 radical (unpaired) electrons. The molecule has 4 nitrogen and oxygen atoms in total. The molecular formula is C15H18N2O2S. The van der Waals surface area contributed by atoms with Gasteiger partial charge in [0, 0.05) is 18.0 Å². The van der Waals surface area contributed by atoms with Gasteiger partial charge in [-0.3, -0.25) is 4.79 Å². The first-order chi connectivity index (χ1) is 9.65. The number of amides is 1. The van der Waals surface area contributed by atoms with Crippen LogP contribution in [0.3, 0.4) is 0 Å². The van der Waals surface area contributed by atoms with E-state index in [-0.39, 0.29) is 5.91 Å². The first kappa shape index (κ1) is 13.4. The number of nitrogens with zero attached hydrogens (tertiary/aromatic N) is 2. The minimum Gasteiger partial charge on any atom is -0.462 e. The first-order valence-corrected chi connectivity index (χ1v) is 7.77. The summed E-state index contributed by atoms with van der Waals surface area (Å²) in [6.45, 7) is 5.83. The zero-order valence-electron chi connectivity index (χ0n) is 11.8. The topological polar surface area (TPSA) is 46.3 Å². The van der Waals surface area contributed by atoms with Gasteiger partial charge in [0.05, 0.1) is 6.26 Å². The van der Waals surface area contributed by atoms with Crippen molar-refractivity contribution in [2.24, 2.45) is 5.92 Å². The highest BCUT2D eigenvalue weighted by atomic mass is 32.1. The van der Waals surface area contributed by atoms with Crippen molar-refractivity contribution in [1.29, 1.82) is 0 Å². The van der Waals surface area contributed by atoms with Crippen molar-refractivity contribution < 1.29 is 9.21 Å². The molecule has 5 heteroatoms. The third-order valence-electron chi connectivity index (χ3n) is 3.68. The monoisotopic (exact) mass is 290 g/mol. The molecule has 0 unspecified atom stereocenters. The summed E-state index contributed by atoms with van der Waals surface area (Å²) in [7, 11) is 0. The zero-order valence-corrected chi connectivity index (χ0v) is 12.6. The maximum absolute atomic E-state index is 12.6. The van der Waals surface area contributed by atoms with Crippen molar-refractivity contribution in [3.8, 4) is 10.8 Å². The average molecular weight is 290 g/mol. The van der Waals surface area contributed by atoms with Crippen molar-refractivity contribution in [3.05, 3.63) is 29.0 Å². The predicted molar refractivity (Wildman–Crippen MR) is 78.9 cm³/mol. The van der Waals surface area contributed by atoms with Gasteiger partial charge in [-0.05, 0) is 37.8 Å². The van der Waals surface area contributed by atoms with E-state index >= 15 is 0 Å². The highest BCUT2D eigenvalue weighted by molar-refractivity contribution is 7.15. The number of likely N-dealkylation sites (tertiary alicyclic amines) is 1. The Kier molecular flexibility index (Phi) is 3.61. The molecule has 0 aliphatic carbocycles. The van der Waals surface area contributed by atoms with Crippen LogP contribution >= 0.6 is 11.3 Å². The summed E-state index contributed by atoms with van der Waals surface area (Å²) in [6.07, 6.45) is 3.92. The van der Waals surface area contributed by atoms with E-state index in [0.717, 1.165) is 35.2 Å². The van der Waals surface area contributed by atoms with Gasteiger partial charge in [-0.15, -0.1) is 11.3 Å². The molecule has 1 amide bonds. The molecule has 1 fully saturated rings. The Morgan fingerprint density at radius 2 is 2.40 bits per heavy atom. The zero-order chi connectivity index (χ0) is 14.1. The van der Waals surface area contributed by atoms with Crippen molar-refractivity contribution in [1.82, 2.24) is 9.88 Å². The molecule has 0 saturated carbocycles. The normalized spacial score (nSPS) is 19.3. The lowest BCUT2D eigenvalue weighted by Gasteiger charge is -2.30. The molecule has 0 aromatic carbocycles. The summed E-state index contributed by atoms with van der Waals surface area (Å²) in [5.74, 6) is 1.36. The molecule has 2 aromatic rings. The number of carbonyl (C=O) groups excluding carboxylic acids is 1. The van der Waals surface area contributed by atoms with Crippen LogP contribution in [-0.2, 0) is 0 Å². The number of thiazole rings is 1. The molecule has 2 aromatic heterocycles. The van der Waals surface area contributed by atoms with E-state index in [1.807, 2.05) is 24.0 Å². The number of hydrogen-bond donors (Lipinski definition) is 0. The van der Waals surface area contributed by atoms with E-state index in [4.69, 9.17) is 4.42 Å². The smallest absolute Gasteiger partial charge is 0.273 e. The fourth-order valence-corrected chi connectivity index (χ4v) is 3.50. The highest BCUT2D eigenvalue weighted by Crippen LogP contribution is 2.29. The van der Waals surface area contributed by atoms with E-state index in [9.17, 15) is 4.79 Å². The van der Waals surface area contributed by atoms with Gasteiger partial charge in [-0.25, -0.2) is 4.98 Å². The molecule has 1 aliphatic heterocycles. The van der Waals surface area contributed by atoms with E-state index in [1.54, 1.807) is 6.26 Å². The minimum absolute atomic E-state index is 0.0584. The molecule has 20 heavy (non-hydrogen) atoms. The Balaban J connectivity index is 1.85. The molecule has 1 atom stereocenters. The average Bonchev–Trinajstić information content (AvgIpc) is 3.07. The lowest BCUT2D eigenvalue weighted by molar-refractivity contribution is 0.0677. The van der Waals surface area contributed by atoms with Crippen LogP contribution in [0.4, 0.5) is 0 Å². The van der Waals surface area contributed by atoms with Gasteiger partial charge < -0.3 is 9.32 Å². The maximum Gasteiger partial charge on any atom is 0.273 e. The number of rotatable bonds is 2. The second-order valence-corrected chi connectivity index (χ2v) is 6.60. The third kappa shape index (κ3) is 2.50. The molecule has 0 spiro atoms. The van der Waals surface area contributed by atoms with E-state index < -0.39 is 0 Å². The number of hydrogen-bond acceptors (Lipinski definition) is 4. The highest BCUT2D eigenvalue weighted by Gasteiger charge is 2.26. The molecule has 106 valence electrons. The Hall–Kier alpha value is -1.62. The van der Waals surface area contributed by atoms with Crippen LogP contribution in [0, 0.1) is 12.8 Å². The van der Waals surface area contributed by atoms with Crippen molar-refractivity contribution in [3.63, 3.8) is 0 Å². The number of piperidine rings is 1. The van der Waals surface area contributed by atoms with E-state index in [1.165, 1.54) is 17.8 Å².